The van der Waals surface area contributed by atoms with Gasteiger partial charge >= 0.3 is 6.18 Å². The quantitative estimate of drug-likeness (QED) is 0.872. The van der Waals surface area contributed by atoms with E-state index in [1.165, 1.54) is 24.9 Å². The molecule has 0 saturated carbocycles. The van der Waals surface area contributed by atoms with E-state index in [-0.39, 0.29) is 11.4 Å². The van der Waals surface area contributed by atoms with Crippen molar-refractivity contribution < 1.29 is 18.0 Å². The third kappa shape index (κ3) is 2.55. The van der Waals surface area contributed by atoms with E-state index in [0.717, 1.165) is 0 Å². The molecule has 1 amide bonds. The van der Waals surface area contributed by atoms with Crippen LogP contribution in [0.25, 0.3) is 0 Å². The summed E-state index contributed by atoms with van der Waals surface area (Å²) in [6, 6.07) is 0. The second kappa shape index (κ2) is 4.93. The summed E-state index contributed by atoms with van der Waals surface area (Å²) in [6.07, 6.45) is -3.28. The van der Waals surface area contributed by atoms with Gasteiger partial charge in [-0.15, -0.1) is 0 Å². The maximum Gasteiger partial charge on any atom is 0.437 e. The number of carbonyl (C=O) groups is 1. The molecule has 0 aliphatic carbocycles. The standard InChI is InChI=1S/C10H9BrF3N5O/c1-4-6(8(18-17-4)10(12,13)14)16-9(20)7-5(11)3-15-19(7)2/h3H,1-2H3,(H,16,20)(H,17,18). The third-order valence-corrected chi connectivity index (χ3v) is 3.14. The van der Waals surface area contributed by atoms with Gasteiger partial charge in [-0.1, -0.05) is 0 Å². The van der Waals surface area contributed by atoms with Crippen molar-refractivity contribution in [3.05, 3.63) is 27.8 Å². The van der Waals surface area contributed by atoms with Crippen molar-refractivity contribution in [1.29, 1.82) is 0 Å². The van der Waals surface area contributed by atoms with E-state index in [1.54, 1.807) is 0 Å². The average Bonchev–Trinajstić information content (AvgIpc) is 2.83. The van der Waals surface area contributed by atoms with Crippen molar-refractivity contribution in [3.63, 3.8) is 0 Å². The van der Waals surface area contributed by atoms with Crippen LogP contribution in [0, 0.1) is 6.92 Å². The Morgan fingerprint density at radius 1 is 1.50 bits per heavy atom. The molecule has 0 aliphatic rings. The third-order valence-electron chi connectivity index (χ3n) is 2.56. The van der Waals surface area contributed by atoms with Crippen LogP contribution in [0.3, 0.4) is 0 Å². The van der Waals surface area contributed by atoms with Gasteiger partial charge in [0.25, 0.3) is 5.91 Å². The van der Waals surface area contributed by atoms with Crippen LogP contribution in [0.1, 0.15) is 21.9 Å². The van der Waals surface area contributed by atoms with Crippen molar-refractivity contribution in [2.24, 2.45) is 7.05 Å². The Labute approximate surface area is 119 Å². The van der Waals surface area contributed by atoms with Gasteiger partial charge in [-0.25, -0.2) is 0 Å². The van der Waals surface area contributed by atoms with Gasteiger partial charge in [0, 0.05) is 7.05 Å². The zero-order chi connectivity index (χ0) is 15.1. The van der Waals surface area contributed by atoms with E-state index in [4.69, 9.17) is 0 Å². The lowest BCUT2D eigenvalue weighted by Gasteiger charge is -2.09. The molecule has 2 aromatic rings. The average molecular weight is 352 g/mol. The molecule has 2 aromatic heterocycles. The van der Waals surface area contributed by atoms with Crippen LogP contribution in [0.5, 0.6) is 0 Å². The molecular formula is C10H9BrF3N5O. The SMILES string of the molecule is Cc1[nH]nc(C(F)(F)F)c1NC(=O)c1c(Br)cnn1C. The summed E-state index contributed by atoms with van der Waals surface area (Å²) < 4.78 is 39.9. The minimum atomic E-state index is -4.66. The van der Waals surface area contributed by atoms with Crippen LogP contribution >= 0.6 is 15.9 Å². The molecule has 0 unspecified atom stereocenters. The smallest absolute Gasteiger partial charge is 0.317 e. The highest BCUT2D eigenvalue weighted by Crippen LogP contribution is 2.35. The van der Waals surface area contributed by atoms with Crippen molar-refractivity contribution in [1.82, 2.24) is 20.0 Å². The number of rotatable bonds is 2. The Bertz CT molecular complexity index is 641. The molecular weight excluding hydrogens is 343 g/mol. The van der Waals surface area contributed by atoms with E-state index in [2.05, 4.69) is 36.5 Å². The second-order valence-corrected chi connectivity index (χ2v) is 4.84. The first-order valence-electron chi connectivity index (χ1n) is 5.32. The summed E-state index contributed by atoms with van der Waals surface area (Å²) >= 11 is 3.11. The van der Waals surface area contributed by atoms with E-state index in [9.17, 15) is 18.0 Å². The largest absolute Gasteiger partial charge is 0.437 e. The number of aromatic nitrogens is 4. The molecule has 2 heterocycles. The molecule has 0 atom stereocenters. The maximum absolute atomic E-state index is 12.8. The molecule has 0 radical (unpaired) electrons. The fourth-order valence-corrected chi connectivity index (χ4v) is 2.15. The highest BCUT2D eigenvalue weighted by Gasteiger charge is 2.38. The summed E-state index contributed by atoms with van der Waals surface area (Å²) in [5.41, 5.74) is -1.33. The van der Waals surface area contributed by atoms with E-state index in [0.29, 0.717) is 4.47 Å². The molecule has 108 valence electrons. The number of hydrogen-bond acceptors (Lipinski definition) is 3. The normalized spacial score (nSPS) is 11.7. The number of halogens is 4. The Morgan fingerprint density at radius 2 is 2.15 bits per heavy atom. The summed E-state index contributed by atoms with van der Waals surface area (Å²) in [5, 5.41) is 11.4. The highest BCUT2D eigenvalue weighted by atomic mass is 79.9. The highest BCUT2D eigenvalue weighted by molar-refractivity contribution is 9.10. The summed E-state index contributed by atoms with van der Waals surface area (Å²) in [4.78, 5) is 12.0. The first-order valence-corrected chi connectivity index (χ1v) is 6.12. The Hall–Kier alpha value is -1.84. The van der Waals surface area contributed by atoms with Crippen LogP contribution in [0.4, 0.5) is 18.9 Å². The Morgan fingerprint density at radius 3 is 2.65 bits per heavy atom. The zero-order valence-corrected chi connectivity index (χ0v) is 11.9. The molecule has 2 rings (SSSR count). The van der Waals surface area contributed by atoms with Gasteiger partial charge in [-0.05, 0) is 22.9 Å². The van der Waals surface area contributed by atoms with Crippen LogP contribution in [-0.4, -0.2) is 25.9 Å². The first kappa shape index (κ1) is 14.6. The number of carbonyl (C=O) groups excluding carboxylic acids is 1. The monoisotopic (exact) mass is 351 g/mol. The molecule has 2 N–H and O–H groups in total. The lowest BCUT2D eigenvalue weighted by Crippen LogP contribution is -2.19. The predicted octanol–water partition coefficient (Wildman–Crippen LogP) is 2.49. The number of nitrogens with zero attached hydrogens (tertiary/aromatic N) is 3. The van der Waals surface area contributed by atoms with Gasteiger partial charge in [0.15, 0.2) is 5.69 Å². The molecule has 0 saturated heterocycles. The molecule has 0 fully saturated rings. The number of aryl methyl sites for hydroxylation is 2. The second-order valence-electron chi connectivity index (χ2n) is 3.99. The number of nitrogens with one attached hydrogen (secondary N) is 2. The molecule has 10 heteroatoms. The lowest BCUT2D eigenvalue weighted by molar-refractivity contribution is -0.140. The molecule has 20 heavy (non-hydrogen) atoms. The minimum Gasteiger partial charge on any atom is -0.317 e. The Balaban J connectivity index is 2.36. The zero-order valence-electron chi connectivity index (χ0n) is 10.3. The molecule has 0 aromatic carbocycles. The molecule has 0 bridgehead atoms. The van der Waals surface area contributed by atoms with Crippen LogP contribution < -0.4 is 5.32 Å². The first-order chi connectivity index (χ1) is 9.21. The summed E-state index contributed by atoms with van der Waals surface area (Å²) in [6.45, 7) is 1.39. The summed E-state index contributed by atoms with van der Waals surface area (Å²) in [5.74, 6) is -0.716. The van der Waals surface area contributed by atoms with Crippen LogP contribution in [-0.2, 0) is 13.2 Å². The number of anilines is 1. The van der Waals surface area contributed by atoms with Crippen molar-refractivity contribution in [2.45, 2.75) is 13.1 Å². The topological polar surface area (TPSA) is 75.6 Å². The predicted molar refractivity (Wildman–Crippen MR) is 67.2 cm³/mol. The molecule has 0 spiro atoms. The van der Waals surface area contributed by atoms with Gasteiger partial charge in [-0.3, -0.25) is 14.6 Å². The van der Waals surface area contributed by atoms with Crippen molar-refractivity contribution in [2.75, 3.05) is 5.32 Å². The van der Waals surface area contributed by atoms with Gasteiger partial charge < -0.3 is 5.32 Å². The number of amides is 1. The van der Waals surface area contributed by atoms with Crippen molar-refractivity contribution >= 4 is 27.5 Å². The number of hydrogen-bond donors (Lipinski definition) is 2. The van der Waals surface area contributed by atoms with E-state index >= 15 is 0 Å². The van der Waals surface area contributed by atoms with E-state index < -0.39 is 23.5 Å². The molecule has 0 aliphatic heterocycles. The number of H-pyrrole nitrogens is 1. The van der Waals surface area contributed by atoms with Crippen LogP contribution in [0.15, 0.2) is 10.7 Å². The fraction of sp³-hybridized carbons (Fsp3) is 0.300. The van der Waals surface area contributed by atoms with Gasteiger partial charge in [-0.2, -0.15) is 23.4 Å². The lowest BCUT2D eigenvalue weighted by atomic mass is 10.2. The van der Waals surface area contributed by atoms with E-state index in [1.807, 2.05) is 0 Å². The van der Waals surface area contributed by atoms with Gasteiger partial charge in [0.1, 0.15) is 5.69 Å². The number of aromatic amines is 1. The Kier molecular flexibility index (Phi) is 3.59. The van der Waals surface area contributed by atoms with Gasteiger partial charge in [0.2, 0.25) is 0 Å². The number of alkyl halides is 3. The maximum atomic E-state index is 12.8. The van der Waals surface area contributed by atoms with Gasteiger partial charge in [0.05, 0.1) is 22.1 Å². The summed E-state index contributed by atoms with van der Waals surface area (Å²) in [7, 11) is 1.51. The minimum absolute atomic E-state index is 0.110. The molecule has 6 nitrogen and oxygen atoms in total. The fourth-order valence-electron chi connectivity index (χ4n) is 1.63. The van der Waals surface area contributed by atoms with Crippen LogP contribution in [0.2, 0.25) is 0 Å². The van der Waals surface area contributed by atoms with Crippen molar-refractivity contribution in [3.8, 4) is 0 Å².